The molecule has 0 aromatic heterocycles. The molecular weight excluding hydrogens is 190 g/mol. The Morgan fingerprint density at radius 1 is 1.27 bits per heavy atom. The molecule has 0 saturated carbocycles. The summed E-state index contributed by atoms with van der Waals surface area (Å²) in [4.78, 5) is 15.8. The van der Waals surface area contributed by atoms with Crippen molar-refractivity contribution in [3.8, 4) is 6.07 Å². The number of nitriles is 1. The van der Waals surface area contributed by atoms with Crippen LogP contribution in [0.4, 0.5) is 0 Å². The van der Waals surface area contributed by atoms with E-state index in [1.54, 1.807) is 0 Å². The second-order valence-corrected chi connectivity index (χ2v) is 4.35. The van der Waals surface area contributed by atoms with Crippen LogP contribution in [-0.4, -0.2) is 47.9 Å². The lowest BCUT2D eigenvalue weighted by molar-refractivity contribution is -0.131. The molecule has 1 atom stereocenters. The fourth-order valence-electron chi connectivity index (χ4n) is 2.40. The Bertz CT molecular complexity index is 278. The van der Waals surface area contributed by atoms with Crippen LogP contribution >= 0.6 is 0 Å². The summed E-state index contributed by atoms with van der Waals surface area (Å²) in [5, 5.41) is 8.90. The molecule has 15 heavy (non-hydrogen) atoms. The smallest absolute Gasteiger partial charge is 0.236 e. The minimum absolute atomic E-state index is 0.0310. The first-order chi connectivity index (χ1) is 7.31. The van der Waals surface area contributed by atoms with Gasteiger partial charge in [-0.2, -0.15) is 5.26 Å². The summed E-state index contributed by atoms with van der Waals surface area (Å²) in [5.41, 5.74) is 0. The van der Waals surface area contributed by atoms with Crippen molar-refractivity contribution in [1.29, 1.82) is 5.26 Å². The number of carbonyl (C=O) groups is 1. The van der Waals surface area contributed by atoms with E-state index in [-0.39, 0.29) is 11.9 Å². The highest BCUT2D eigenvalue weighted by Crippen LogP contribution is 2.17. The zero-order valence-electron chi connectivity index (χ0n) is 8.98. The van der Waals surface area contributed by atoms with E-state index in [0.717, 1.165) is 45.3 Å². The lowest BCUT2D eigenvalue weighted by atomic mass is 10.2. The van der Waals surface area contributed by atoms with Crippen LogP contribution in [0.15, 0.2) is 0 Å². The highest BCUT2D eigenvalue weighted by Gasteiger charge is 2.28. The third-order valence-electron chi connectivity index (χ3n) is 3.31. The Hall–Kier alpha value is -1.08. The van der Waals surface area contributed by atoms with E-state index in [2.05, 4.69) is 6.07 Å². The van der Waals surface area contributed by atoms with Gasteiger partial charge in [0.25, 0.3) is 0 Å². The second kappa shape index (κ2) is 4.63. The van der Waals surface area contributed by atoms with Crippen molar-refractivity contribution >= 4 is 5.91 Å². The van der Waals surface area contributed by atoms with Crippen molar-refractivity contribution in [3.63, 3.8) is 0 Å². The number of rotatable bonds is 2. The molecule has 0 aliphatic carbocycles. The number of likely N-dealkylation sites (tertiary alicyclic amines) is 2. The molecule has 0 N–H and O–H groups in total. The van der Waals surface area contributed by atoms with Crippen LogP contribution in [0.1, 0.15) is 25.7 Å². The number of amides is 1. The van der Waals surface area contributed by atoms with Crippen LogP contribution < -0.4 is 0 Å². The van der Waals surface area contributed by atoms with E-state index >= 15 is 0 Å². The van der Waals surface area contributed by atoms with Gasteiger partial charge in [-0.3, -0.25) is 9.69 Å². The first-order valence-corrected chi connectivity index (χ1v) is 5.72. The fraction of sp³-hybridized carbons (Fsp3) is 0.818. The number of nitrogens with zero attached hydrogens (tertiary/aromatic N) is 3. The third-order valence-corrected chi connectivity index (χ3v) is 3.31. The highest BCUT2D eigenvalue weighted by molar-refractivity contribution is 5.78. The molecule has 2 saturated heterocycles. The molecule has 4 heteroatoms. The summed E-state index contributed by atoms with van der Waals surface area (Å²) in [6.45, 7) is 3.16. The van der Waals surface area contributed by atoms with E-state index in [4.69, 9.17) is 5.26 Å². The van der Waals surface area contributed by atoms with Crippen molar-refractivity contribution in [3.05, 3.63) is 0 Å². The Morgan fingerprint density at radius 2 is 2.00 bits per heavy atom. The van der Waals surface area contributed by atoms with Gasteiger partial charge in [0, 0.05) is 19.6 Å². The predicted molar refractivity (Wildman–Crippen MR) is 56.0 cm³/mol. The van der Waals surface area contributed by atoms with Crippen molar-refractivity contribution in [2.75, 3.05) is 26.2 Å². The van der Waals surface area contributed by atoms with Crippen LogP contribution in [-0.2, 0) is 4.79 Å². The molecule has 2 rings (SSSR count). The van der Waals surface area contributed by atoms with Gasteiger partial charge < -0.3 is 4.90 Å². The molecule has 2 heterocycles. The fourth-order valence-corrected chi connectivity index (χ4v) is 2.40. The van der Waals surface area contributed by atoms with Gasteiger partial charge >= 0.3 is 0 Å². The molecule has 4 nitrogen and oxygen atoms in total. The van der Waals surface area contributed by atoms with Gasteiger partial charge in [-0.15, -0.1) is 0 Å². The minimum Gasteiger partial charge on any atom is -0.342 e. The maximum absolute atomic E-state index is 11.8. The summed E-state index contributed by atoms with van der Waals surface area (Å²) in [6.07, 6.45) is 4.23. The quantitative estimate of drug-likeness (QED) is 0.666. The van der Waals surface area contributed by atoms with Crippen molar-refractivity contribution < 1.29 is 4.79 Å². The Kier molecular flexibility index (Phi) is 3.22. The van der Waals surface area contributed by atoms with Gasteiger partial charge in [0.05, 0.1) is 18.7 Å². The lowest BCUT2D eigenvalue weighted by Gasteiger charge is -2.22. The summed E-state index contributed by atoms with van der Waals surface area (Å²) >= 11 is 0. The lowest BCUT2D eigenvalue weighted by Crippen LogP contribution is -2.40. The van der Waals surface area contributed by atoms with Crippen LogP contribution in [0, 0.1) is 11.3 Å². The normalized spacial score (nSPS) is 26.9. The molecule has 2 fully saturated rings. The standard InChI is InChI=1S/C11H17N3O/c12-8-10-4-3-7-14(10)9-11(15)13-5-1-2-6-13/h10H,1-7,9H2/t10-/m0/s1. The number of hydrogen-bond donors (Lipinski definition) is 0. The molecule has 0 radical (unpaired) electrons. The minimum atomic E-state index is -0.0310. The Balaban J connectivity index is 1.85. The highest BCUT2D eigenvalue weighted by atomic mass is 16.2. The Labute approximate surface area is 90.5 Å². The zero-order chi connectivity index (χ0) is 10.7. The molecule has 0 aromatic rings. The molecule has 0 aromatic carbocycles. The maximum atomic E-state index is 11.8. The molecule has 2 aliphatic rings. The van der Waals surface area contributed by atoms with Gasteiger partial charge in [-0.1, -0.05) is 0 Å². The molecule has 1 amide bonds. The number of hydrogen-bond acceptors (Lipinski definition) is 3. The molecule has 0 bridgehead atoms. The van der Waals surface area contributed by atoms with Gasteiger partial charge in [-0.05, 0) is 25.7 Å². The first kappa shape index (κ1) is 10.4. The monoisotopic (exact) mass is 207 g/mol. The average molecular weight is 207 g/mol. The Morgan fingerprint density at radius 3 is 2.67 bits per heavy atom. The van der Waals surface area contributed by atoms with Crippen LogP contribution in [0.5, 0.6) is 0 Å². The van der Waals surface area contributed by atoms with Gasteiger partial charge in [0.15, 0.2) is 0 Å². The SMILES string of the molecule is N#C[C@@H]1CCCN1CC(=O)N1CCCC1. The van der Waals surface area contributed by atoms with E-state index in [0.29, 0.717) is 6.54 Å². The number of carbonyl (C=O) groups excluding carboxylic acids is 1. The molecule has 0 spiro atoms. The van der Waals surface area contributed by atoms with E-state index < -0.39 is 0 Å². The van der Waals surface area contributed by atoms with Crippen molar-refractivity contribution in [1.82, 2.24) is 9.80 Å². The average Bonchev–Trinajstić information content (AvgIpc) is 2.87. The van der Waals surface area contributed by atoms with E-state index in [9.17, 15) is 4.79 Å². The van der Waals surface area contributed by atoms with Crippen LogP contribution in [0.3, 0.4) is 0 Å². The molecule has 0 unspecified atom stereocenters. The van der Waals surface area contributed by atoms with E-state index in [1.807, 2.05) is 9.80 Å². The summed E-state index contributed by atoms with van der Waals surface area (Å²) < 4.78 is 0. The third kappa shape index (κ3) is 2.29. The maximum Gasteiger partial charge on any atom is 0.236 e. The topological polar surface area (TPSA) is 47.3 Å². The largest absolute Gasteiger partial charge is 0.342 e. The summed E-state index contributed by atoms with van der Waals surface area (Å²) in [7, 11) is 0. The second-order valence-electron chi connectivity index (χ2n) is 4.35. The van der Waals surface area contributed by atoms with Crippen LogP contribution in [0.2, 0.25) is 0 Å². The van der Waals surface area contributed by atoms with Gasteiger partial charge in [-0.25, -0.2) is 0 Å². The molecule has 2 aliphatic heterocycles. The first-order valence-electron chi connectivity index (χ1n) is 5.72. The van der Waals surface area contributed by atoms with Gasteiger partial charge in [0.1, 0.15) is 0 Å². The van der Waals surface area contributed by atoms with Crippen LogP contribution in [0.25, 0.3) is 0 Å². The zero-order valence-corrected chi connectivity index (χ0v) is 8.98. The van der Waals surface area contributed by atoms with Gasteiger partial charge in [0.2, 0.25) is 5.91 Å². The summed E-state index contributed by atoms with van der Waals surface area (Å²) in [5.74, 6) is 0.203. The van der Waals surface area contributed by atoms with E-state index in [1.165, 1.54) is 0 Å². The molecular formula is C11H17N3O. The van der Waals surface area contributed by atoms with Crippen molar-refractivity contribution in [2.24, 2.45) is 0 Å². The summed E-state index contributed by atoms with van der Waals surface area (Å²) in [6, 6.07) is 2.23. The molecule has 82 valence electrons. The predicted octanol–water partition coefficient (Wildman–Crippen LogP) is 0.597. The van der Waals surface area contributed by atoms with Crippen molar-refractivity contribution in [2.45, 2.75) is 31.7 Å².